The van der Waals surface area contributed by atoms with Crippen LogP contribution < -0.4 is 7.74 Å². The van der Waals surface area contributed by atoms with Gasteiger partial charge in [-0.3, -0.25) is 0 Å². The van der Waals surface area contributed by atoms with E-state index in [4.69, 9.17) is 28.4 Å². The van der Waals surface area contributed by atoms with Crippen molar-refractivity contribution in [2.24, 2.45) is 0 Å². The van der Waals surface area contributed by atoms with Crippen molar-refractivity contribution < 1.29 is 61.5 Å². The number of halogens is 4. The van der Waals surface area contributed by atoms with Gasteiger partial charge in [0.1, 0.15) is 0 Å². The number of allylic oxidation sites excluding steroid dienone is 8. The molecular weight excluding hydrogens is 1110 g/mol. The van der Waals surface area contributed by atoms with Crippen LogP contribution in [0.3, 0.4) is 0 Å². The maximum absolute atomic E-state index is 20.0. The molecule has 0 radical (unpaired) electrons. The van der Waals surface area contributed by atoms with Crippen molar-refractivity contribution in [2.75, 3.05) is 146 Å². The molecule has 11 rings (SSSR count). The summed E-state index contributed by atoms with van der Waals surface area (Å²) < 4.78 is 116. The van der Waals surface area contributed by atoms with Crippen molar-refractivity contribution in [3.63, 3.8) is 0 Å². The first kappa shape index (κ1) is 60.9. The monoisotopic (exact) mass is 1200 g/mol. The summed E-state index contributed by atoms with van der Waals surface area (Å²) in [6.45, 7) is 19.9. The molecule has 4 fully saturated rings. The minimum absolute atomic E-state index is 0.0554. The Kier molecular flexibility index (Phi) is 19.9. The number of rotatable bonds is 25. The van der Waals surface area contributed by atoms with Crippen molar-refractivity contribution in [3.05, 3.63) is 177 Å². The van der Waals surface area contributed by atoms with Gasteiger partial charge in [0.15, 0.2) is 0 Å². The van der Waals surface area contributed by atoms with Crippen LogP contribution in [0.4, 0.5) is 17.6 Å². The Morgan fingerprint density at radius 3 is 1.15 bits per heavy atom. The van der Waals surface area contributed by atoms with Crippen LogP contribution in [0.1, 0.15) is 50.9 Å². The van der Waals surface area contributed by atoms with Crippen LogP contribution in [0, 0.1) is 37.1 Å². The molecule has 2 aromatic carbocycles. The number of aromatic nitrogens is 3. The molecule has 7 heterocycles. The second-order valence-corrected chi connectivity index (χ2v) is 32.1. The molecule has 0 unspecified atom stereocenters. The molecule has 84 heavy (non-hydrogen) atoms. The first-order valence-electron chi connectivity index (χ1n) is 30.3. The second kappa shape index (κ2) is 27.5. The molecule has 0 atom stereocenters. The van der Waals surface area contributed by atoms with Gasteiger partial charge in [0.25, 0.3) is 0 Å². The van der Waals surface area contributed by atoms with Gasteiger partial charge in [-0.2, -0.15) is 0 Å². The van der Waals surface area contributed by atoms with Gasteiger partial charge in [0.05, 0.1) is 0 Å². The molecule has 4 aliphatic heterocycles. The summed E-state index contributed by atoms with van der Waals surface area (Å²) in [4.78, 5) is 11.6. The van der Waals surface area contributed by atoms with Crippen molar-refractivity contribution >= 4 is 7.74 Å². The van der Waals surface area contributed by atoms with E-state index in [1.54, 1.807) is 26.4 Å². The number of benzene rings is 2. The normalized spacial score (nSPS) is 19.5. The summed E-state index contributed by atoms with van der Waals surface area (Å²) in [5.41, 5.74) is 6.64. The Hall–Kier alpha value is -4.77. The summed E-state index contributed by atoms with van der Waals surface area (Å²) >= 11 is -6.87. The average molecular weight is 1200 g/mol. The number of nitrogens with zero attached hydrogens (tertiary/aromatic N) is 8. The first-order valence-corrected chi connectivity index (χ1v) is 34.3. The fourth-order valence-electron chi connectivity index (χ4n) is 14.6. The van der Waals surface area contributed by atoms with E-state index in [0.29, 0.717) is 123 Å². The van der Waals surface area contributed by atoms with Gasteiger partial charge in [-0.1, -0.05) is 0 Å². The molecule has 19 heteroatoms. The summed E-state index contributed by atoms with van der Waals surface area (Å²) in [5, 5.41) is 0. The zero-order valence-electron chi connectivity index (χ0n) is 49.6. The molecule has 2 aliphatic carbocycles. The van der Waals surface area contributed by atoms with Gasteiger partial charge >= 0.3 is 497 Å². The molecular formula is C65H85F4N8O6Ti. The Morgan fingerprint density at radius 2 is 0.821 bits per heavy atom. The number of aryl methyl sites for hydroxylation is 1. The van der Waals surface area contributed by atoms with E-state index < -0.39 is 47.3 Å². The van der Waals surface area contributed by atoms with Crippen LogP contribution in [0.25, 0.3) is 0 Å². The van der Waals surface area contributed by atoms with Gasteiger partial charge in [-0.15, -0.1) is 0 Å². The molecule has 0 saturated carbocycles. The quantitative estimate of drug-likeness (QED) is 0.0426. The van der Waals surface area contributed by atoms with Crippen molar-refractivity contribution in [1.82, 2.24) is 36.7 Å². The van der Waals surface area contributed by atoms with Crippen LogP contribution >= 0.6 is 0 Å². The van der Waals surface area contributed by atoms with Gasteiger partial charge in [-0.05, 0) is 0 Å². The SMILES string of the molecule is COCCN(CCOC)Cc1cc(C)[n]([Ti]([c]2c(F)ccc(Cn3c(CN4CCOCC4)ccc3CN3CCOCC3)c2F)([c]2c(F)ccc(Cn3c(CN4CCOCC4)ccc3CN3CCOCC3)c2F)([CH]2C=CC=C2)[CH]2C=CC=C2)c1C. The number of hydrogen-bond acceptors (Lipinski definition) is 11. The summed E-state index contributed by atoms with van der Waals surface area (Å²) in [6, 6.07) is 16.4. The Balaban J connectivity index is 1.17. The summed E-state index contributed by atoms with van der Waals surface area (Å²) in [6.07, 6.45) is 15.3. The minimum atomic E-state index is -6.87. The van der Waals surface area contributed by atoms with E-state index in [0.717, 1.165) is 80.7 Å². The fourth-order valence-corrected chi connectivity index (χ4v) is 29.0. The third kappa shape index (κ3) is 12.0. The average Bonchev–Trinajstić information content (AvgIpc) is 1.08. The van der Waals surface area contributed by atoms with E-state index in [9.17, 15) is 0 Å². The van der Waals surface area contributed by atoms with E-state index in [1.807, 2.05) is 62.5 Å². The first-order chi connectivity index (χ1) is 41.0. The summed E-state index contributed by atoms with van der Waals surface area (Å²) in [5.74, 6) is -3.25. The van der Waals surface area contributed by atoms with E-state index >= 15 is 17.6 Å². The zero-order chi connectivity index (χ0) is 58.2. The van der Waals surface area contributed by atoms with Gasteiger partial charge < -0.3 is 0 Å². The van der Waals surface area contributed by atoms with Crippen LogP contribution in [-0.4, -0.2) is 182 Å². The topological polar surface area (TPSA) is 86.4 Å². The van der Waals surface area contributed by atoms with Crippen molar-refractivity contribution in [1.29, 1.82) is 0 Å². The molecule has 14 nitrogen and oxygen atoms in total. The van der Waals surface area contributed by atoms with Crippen LogP contribution in [-0.2, 0) is 89.8 Å². The predicted octanol–water partition coefficient (Wildman–Crippen LogP) is 7.72. The maximum atomic E-state index is 20.0. The number of hydrogen-bond donors (Lipinski definition) is 0. The summed E-state index contributed by atoms with van der Waals surface area (Å²) in [7, 11) is 3.34. The van der Waals surface area contributed by atoms with E-state index in [1.165, 1.54) is 12.1 Å². The third-order valence-corrected chi connectivity index (χ3v) is 31.5. The number of ether oxygens (including phenoxy) is 6. The predicted molar refractivity (Wildman–Crippen MR) is 316 cm³/mol. The number of morpholine rings is 4. The Labute approximate surface area is 494 Å². The van der Waals surface area contributed by atoms with Crippen LogP contribution in [0.5, 0.6) is 0 Å². The zero-order valence-corrected chi connectivity index (χ0v) is 51.2. The molecule has 0 spiro atoms. The van der Waals surface area contributed by atoms with E-state index in [-0.39, 0.29) is 32.0 Å². The van der Waals surface area contributed by atoms with Crippen molar-refractivity contribution in [3.8, 4) is 0 Å². The molecule has 3 aromatic heterocycles. The standard InChI is InChI=1S/2C21H26F2N3O2.C13H23N2O2.2C5H5.Ti/c2*22-18-2-1-17(21(23)13-18)14-26-19(15-24-5-9-27-10-6-24)3-4-20(26)16-25-7-11-28-12-8-25;1-11-9-13(12(2)14-11)10-15(5-7-16-3)6-8-17-4;2*1-2-4-5-3-1;/h2*1-4H,5-12,14-16H2;9H,5-8,10H2,1-4H3;2*1-5H;/q;;-1;;;+1. The second-order valence-electron chi connectivity index (χ2n) is 23.6. The van der Waals surface area contributed by atoms with Gasteiger partial charge in [-0.25, -0.2) is 0 Å². The fraction of sp³-hybridized carbons (Fsp3) is 0.508. The van der Waals surface area contributed by atoms with E-state index in [2.05, 4.69) is 67.0 Å². The third-order valence-electron chi connectivity index (χ3n) is 18.8. The van der Waals surface area contributed by atoms with Crippen LogP contribution in [0.15, 0.2) is 103 Å². The van der Waals surface area contributed by atoms with Gasteiger partial charge in [0, 0.05) is 0 Å². The molecule has 0 bridgehead atoms. The van der Waals surface area contributed by atoms with Gasteiger partial charge in [0.2, 0.25) is 0 Å². The molecule has 0 N–H and O–H groups in total. The number of methoxy groups -OCH3 is 2. The van der Waals surface area contributed by atoms with Crippen molar-refractivity contribution in [2.45, 2.75) is 68.1 Å². The van der Waals surface area contributed by atoms with Crippen LogP contribution in [0.2, 0.25) is 8.45 Å². The molecule has 6 aliphatic rings. The Morgan fingerprint density at radius 1 is 0.476 bits per heavy atom. The molecule has 4 saturated heterocycles. The molecule has 453 valence electrons. The molecule has 0 amide bonds. The molecule has 5 aromatic rings. The Bertz CT molecular complexity index is 2910.